The van der Waals surface area contributed by atoms with E-state index in [9.17, 15) is 18.4 Å². The first-order valence-corrected chi connectivity index (χ1v) is 12.5. The molecule has 1 aliphatic heterocycles. The van der Waals surface area contributed by atoms with Gasteiger partial charge in [-0.05, 0) is 48.2 Å². The Balaban J connectivity index is 1.55. The molecule has 2 amide bonds. The van der Waals surface area contributed by atoms with Gasteiger partial charge in [-0.2, -0.15) is 0 Å². The molecule has 7 nitrogen and oxygen atoms in total. The molecule has 37 heavy (non-hydrogen) atoms. The average Bonchev–Trinajstić information content (AvgIpc) is 3.33. The van der Waals surface area contributed by atoms with Crippen LogP contribution in [0.1, 0.15) is 49.0 Å². The number of likely N-dealkylation sites (tertiary alicyclic amines) is 1. The summed E-state index contributed by atoms with van der Waals surface area (Å²) in [7, 11) is 0. The van der Waals surface area contributed by atoms with Crippen molar-refractivity contribution in [2.45, 2.75) is 50.7 Å². The number of aromatic nitrogens is 2. The Morgan fingerprint density at radius 2 is 1.73 bits per heavy atom. The fourth-order valence-corrected chi connectivity index (χ4v) is 4.55. The highest BCUT2D eigenvalue weighted by Gasteiger charge is 2.49. The molecule has 3 aromatic rings. The van der Waals surface area contributed by atoms with Gasteiger partial charge in [0, 0.05) is 25.6 Å². The maximum atomic E-state index is 13.8. The van der Waals surface area contributed by atoms with Crippen molar-refractivity contribution < 1.29 is 23.1 Å². The van der Waals surface area contributed by atoms with Crippen molar-refractivity contribution in [3.05, 3.63) is 89.5 Å². The molecule has 9 heteroatoms. The van der Waals surface area contributed by atoms with Gasteiger partial charge < -0.3 is 19.9 Å². The van der Waals surface area contributed by atoms with Gasteiger partial charge >= 0.3 is 0 Å². The van der Waals surface area contributed by atoms with Crippen LogP contribution in [0.15, 0.2) is 61.1 Å². The molecule has 1 fully saturated rings. The Hall–Kier alpha value is -3.59. The standard InChI is InChI=1S/C28H32F2N4O3/c1-2-3-14-37-28(21-6-10-23(30)11-7-21)17-34(18-28)27(36)25(15-20-4-8-22(29)9-5-20)33-16-24(32-19-33)12-13-26(31)35/h4-11,16,19,25H,2-3,12-15,17-18H2,1H3,(H2,31,35)/t25-/m1/s1. The second-order valence-electron chi connectivity index (χ2n) is 9.52. The highest BCUT2D eigenvalue weighted by molar-refractivity contribution is 5.82. The molecule has 0 saturated carbocycles. The third-order valence-electron chi connectivity index (χ3n) is 6.72. The number of halogens is 2. The van der Waals surface area contributed by atoms with Gasteiger partial charge in [-0.15, -0.1) is 0 Å². The molecule has 0 bridgehead atoms. The number of hydrogen-bond donors (Lipinski definition) is 1. The molecule has 2 heterocycles. The summed E-state index contributed by atoms with van der Waals surface area (Å²) >= 11 is 0. The van der Waals surface area contributed by atoms with Crippen LogP contribution < -0.4 is 5.73 Å². The van der Waals surface area contributed by atoms with Gasteiger partial charge in [0.1, 0.15) is 23.3 Å². The number of carbonyl (C=O) groups is 2. The van der Waals surface area contributed by atoms with Crippen LogP contribution in [0.25, 0.3) is 0 Å². The van der Waals surface area contributed by atoms with E-state index in [0.717, 1.165) is 24.0 Å². The van der Waals surface area contributed by atoms with E-state index in [1.165, 1.54) is 24.3 Å². The minimum Gasteiger partial charge on any atom is -0.370 e. The number of ether oxygens (including phenoxy) is 1. The van der Waals surface area contributed by atoms with Crippen molar-refractivity contribution in [3.63, 3.8) is 0 Å². The Bertz CT molecular complexity index is 1200. The summed E-state index contributed by atoms with van der Waals surface area (Å²) in [6.45, 7) is 3.29. The molecule has 1 saturated heterocycles. The molecule has 1 aromatic heterocycles. The first-order valence-electron chi connectivity index (χ1n) is 12.5. The van der Waals surface area contributed by atoms with E-state index in [0.29, 0.717) is 38.2 Å². The summed E-state index contributed by atoms with van der Waals surface area (Å²) < 4.78 is 35.1. The van der Waals surface area contributed by atoms with E-state index < -0.39 is 17.6 Å². The topological polar surface area (TPSA) is 90.4 Å². The summed E-state index contributed by atoms with van der Waals surface area (Å²) in [6, 6.07) is 11.7. The van der Waals surface area contributed by atoms with Crippen LogP contribution in [0.3, 0.4) is 0 Å². The number of hydrogen-bond acceptors (Lipinski definition) is 4. The van der Waals surface area contributed by atoms with Gasteiger partial charge in [0.05, 0.1) is 25.1 Å². The monoisotopic (exact) mass is 510 g/mol. The summed E-state index contributed by atoms with van der Waals surface area (Å²) in [6.07, 6.45) is 6.06. The Morgan fingerprint density at radius 1 is 1.08 bits per heavy atom. The third kappa shape index (κ3) is 6.40. The zero-order chi connectivity index (χ0) is 26.4. The van der Waals surface area contributed by atoms with E-state index in [4.69, 9.17) is 10.5 Å². The predicted molar refractivity (Wildman–Crippen MR) is 134 cm³/mol. The average molecular weight is 511 g/mol. The number of amides is 2. The van der Waals surface area contributed by atoms with E-state index in [-0.39, 0.29) is 24.0 Å². The molecule has 0 aliphatic carbocycles. The summed E-state index contributed by atoms with van der Waals surface area (Å²) in [5, 5.41) is 0. The van der Waals surface area contributed by atoms with E-state index in [1.807, 2.05) is 0 Å². The number of imidazole rings is 1. The molecule has 196 valence electrons. The second kappa shape index (κ2) is 11.6. The van der Waals surface area contributed by atoms with Crippen molar-refractivity contribution in [2.75, 3.05) is 19.7 Å². The first-order chi connectivity index (χ1) is 17.8. The molecule has 1 aliphatic rings. The minimum atomic E-state index is -0.694. The molecule has 4 rings (SSSR count). The number of nitrogens with zero attached hydrogens (tertiary/aromatic N) is 3. The van der Waals surface area contributed by atoms with E-state index in [1.54, 1.807) is 46.3 Å². The summed E-state index contributed by atoms with van der Waals surface area (Å²) in [4.78, 5) is 31.0. The fraction of sp³-hybridized carbons (Fsp3) is 0.393. The van der Waals surface area contributed by atoms with Crippen LogP contribution in [-0.4, -0.2) is 46.0 Å². The molecule has 1 atom stereocenters. The first kappa shape index (κ1) is 26.5. The fourth-order valence-electron chi connectivity index (χ4n) is 4.55. The molecular weight excluding hydrogens is 478 g/mol. The summed E-state index contributed by atoms with van der Waals surface area (Å²) in [5.74, 6) is -1.22. The molecule has 2 N–H and O–H groups in total. The Kier molecular flexibility index (Phi) is 8.33. The van der Waals surface area contributed by atoms with Crippen LogP contribution in [0.4, 0.5) is 8.78 Å². The quantitative estimate of drug-likeness (QED) is 0.374. The number of primary amides is 1. The lowest BCUT2D eigenvalue weighted by Crippen LogP contribution is -2.63. The normalized spacial score (nSPS) is 15.3. The minimum absolute atomic E-state index is 0.125. The zero-order valence-corrected chi connectivity index (χ0v) is 20.9. The van der Waals surface area contributed by atoms with Crippen molar-refractivity contribution in [2.24, 2.45) is 5.73 Å². The smallest absolute Gasteiger partial charge is 0.246 e. The predicted octanol–water partition coefficient (Wildman–Crippen LogP) is 3.92. The third-order valence-corrected chi connectivity index (χ3v) is 6.72. The number of unbranched alkanes of at least 4 members (excludes halogenated alkanes) is 1. The molecular formula is C28H32F2N4O3. The Morgan fingerprint density at radius 3 is 2.35 bits per heavy atom. The van der Waals surface area contributed by atoms with Gasteiger partial charge in [0.2, 0.25) is 11.8 Å². The van der Waals surface area contributed by atoms with Gasteiger partial charge in [-0.1, -0.05) is 37.6 Å². The van der Waals surface area contributed by atoms with Crippen LogP contribution in [0.2, 0.25) is 0 Å². The number of nitrogens with two attached hydrogens (primary N) is 1. The van der Waals surface area contributed by atoms with Crippen LogP contribution in [0.5, 0.6) is 0 Å². The van der Waals surface area contributed by atoms with Gasteiger partial charge in [-0.25, -0.2) is 13.8 Å². The number of rotatable bonds is 12. The molecule has 0 spiro atoms. The highest BCUT2D eigenvalue weighted by Crippen LogP contribution is 2.38. The Labute approximate surface area is 215 Å². The maximum Gasteiger partial charge on any atom is 0.246 e. The SMILES string of the molecule is CCCCOC1(c2ccc(F)cc2)CN(C(=O)[C@@H](Cc2ccc(F)cc2)n2cnc(CCC(N)=O)c2)C1. The lowest BCUT2D eigenvalue weighted by Gasteiger charge is -2.51. The second-order valence-corrected chi connectivity index (χ2v) is 9.52. The van der Waals surface area contributed by atoms with Gasteiger partial charge in [-0.3, -0.25) is 9.59 Å². The van der Waals surface area contributed by atoms with Crippen molar-refractivity contribution in [1.82, 2.24) is 14.5 Å². The number of aryl methyl sites for hydroxylation is 1. The van der Waals surface area contributed by atoms with Crippen molar-refractivity contribution >= 4 is 11.8 Å². The van der Waals surface area contributed by atoms with Crippen LogP contribution in [-0.2, 0) is 32.8 Å². The highest BCUT2D eigenvalue weighted by atomic mass is 19.1. The van der Waals surface area contributed by atoms with Gasteiger partial charge in [0.25, 0.3) is 0 Å². The van der Waals surface area contributed by atoms with E-state index in [2.05, 4.69) is 11.9 Å². The molecule has 2 aromatic carbocycles. The maximum absolute atomic E-state index is 13.8. The van der Waals surface area contributed by atoms with Crippen LogP contribution in [0, 0.1) is 11.6 Å². The van der Waals surface area contributed by atoms with Crippen molar-refractivity contribution in [3.8, 4) is 0 Å². The largest absolute Gasteiger partial charge is 0.370 e. The van der Waals surface area contributed by atoms with Crippen LogP contribution >= 0.6 is 0 Å². The lowest BCUT2D eigenvalue weighted by atomic mass is 9.84. The molecule has 0 unspecified atom stereocenters. The summed E-state index contributed by atoms with van der Waals surface area (Å²) in [5.41, 5.74) is 6.86. The molecule has 0 radical (unpaired) electrons. The zero-order valence-electron chi connectivity index (χ0n) is 20.9. The lowest BCUT2D eigenvalue weighted by molar-refractivity contribution is -0.176. The number of benzene rings is 2. The van der Waals surface area contributed by atoms with E-state index >= 15 is 0 Å². The van der Waals surface area contributed by atoms with Crippen molar-refractivity contribution in [1.29, 1.82) is 0 Å². The number of carbonyl (C=O) groups excluding carboxylic acids is 2. The van der Waals surface area contributed by atoms with Gasteiger partial charge in [0.15, 0.2) is 0 Å².